The largest absolute Gasteiger partial charge is 0.455 e. The number of allylic oxidation sites excluding steroid dienone is 1. The Labute approximate surface area is 320 Å². The van der Waals surface area contributed by atoms with Gasteiger partial charge in [0.05, 0.1) is 30.6 Å². The van der Waals surface area contributed by atoms with Crippen molar-refractivity contribution in [3.63, 3.8) is 0 Å². The van der Waals surface area contributed by atoms with Gasteiger partial charge in [0.25, 0.3) is 5.91 Å². The van der Waals surface area contributed by atoms with Crippen LogP contribution in [-0.4, -0.2) is 95.7 Å². The van der Waals surface area contributed by atoms with E-state index in [9.17, 15) is 19.5 Å². The Morgan fingerprint density at radius 3 is 2.57 bits per heavy atom. The van der Waals surface area contributed by atoms with E-state index in [0.29, 0.717) is 43.4 Å². The number of carbonyl (C=O) groups excluding carboxylic acids is 4. The molecule has 3 amide bonds. The van der Waals surface area contributed by atoms with E-state index < -0.39 is 47.7 Å². The molecule has 3 heterocycles. The number of nitrogens with one attached hydrogen (secondary N) is 1. The highest BCUT2D eigenvalue weighted by Crippen LogP contribution is 2.60. The number of fused-ring (bicyclic) bond motifs is 1. The van der Waals surface area contributed by atoms with Gasteiger partial charge in [0.1, 0.15) is 17.7 Å². The van der Waals surface area contributed by atoms with Crippen molar-refractivity contribution in [1.82, 2.24) is 10.2 Å². The first-order valence-electron chi connectivity index (χ1n) is 18.4. The summed E-state index contributed by atoms with van der Waals surface area (Å²) in [5, 5.41) is 12.4. The van der Waals surface area contributed by atoms with Crippen molar-refractivity contribution in [2.45, 2.75) is 87.1 Å². The summed E-state index contributed by atoms with van der Waals surface area (Å²) in [5.41, 5.74) is 1.92. The van der Waals surface area contributed by atoms with Crippen LogP contribution in [0.1, 0.15) is 61.3 Å². The van der Waals surface area contributed by atoms with E-state index in [4.69, 9.17) is 14.2 Å². The number of carbonyl (C=O) groups is 4. The number of halogens is 1. The molecular weight excluding hydrogens is 742 g/mol. The molecule has 2 N–H and O–H groups in total. The number of hydrogen-bond donors (Lipinski definition) is 2. The number of nitrogens with zero attached hydrogens (tertiary/aromatic N) is 2. The van der Waals surface area contributed by atoms with Crippen molar-refractivity contribution in [3.05, 3.63) is 90.5 Å². The number of amides is 3. The van der Waals surface area contributed by atoms with Crippen LogP contribution in [0.25, 0.3) is 0 Å². The maximum Gasteiger partial charge on any atom is 0.313 e. The van der Waals surface area contributed by atoms with Gasteiger partial charge < -0.3 is 34.4 Å². The fourth-order valence-corrected chi connectivity index (χ4v) is 9.15. The lowest BCUT2D eigenvalue weighted by molar-refractivity contribution is -0.163. The predicted octanol–water partition coefficient (Wildman–Crippen LogP) is 5.11. The zero-order valence-corrected chi connectivity index (χ0v) is 32.5. The van der Waals surface area contributed by atoms with Gasteiger partial charge in [0.15, 0.2) is 0 Å². The fourth-order valence-electron chi connectivity index (χ4n) is 8.21. The van der Waals surface area contributed by atoms with Crippen LogP contribution in [-0.2, 0) is 33.4 Å². The number of aliphatic hydroxyl groups is 1. The molecule has 3 saturated heterocycles. The third kappa shape index (κ3) is 8.30. The SMILES string of the molecule is C=CCCC(=O)N[C@@H](COC)[C@@H](OC(=O)[C@@H]1[C@H]2O[C@@]3(CC2Br)[C@H](C(=O)N(CC=C)c2cc(C)ccc2C)N(CCCCCO)C(=O)[C@@H]13)c1ccccc1. The van der Waals surface area contributed by atoms with Crippen LogP contribution in [0.4, 0.5) is 5.69 Å². The van der Waals surface area contributed by atoms with Crippen LogP contribution >= 0.6 is 15.9 Å². The molecule has 1 spiro atoms. The van der Waals surface area contributed by atoms with Gasteiger partial charge in [-0.25, -0.2) is 0 Å². The number of benzene rings is 2. The second-order valence-corrected chi connectivity index (χ2v) is 15.4. The minimum absolute atomic E-state index is 0.0218. The molecule has 11 nitrogen and oxygen atoms in total. The van der Waals surface area contributed by atoms with E-state index >= 15 is 4.79 Å². The molecule has 5 rings (SSSR count). The Morgan fingerprint density at radius 2 is 1.89 bits per heavy atom. The van der Waals surface area contributed by atoms with Gasteiger partial charge in [-0.1, -0.05) is 70.5 Å². The first-order chi connectivity index (χ1) is 25.5. The number of alkyl halides is 1. The molecule has 1 unspecified atom stereocenters. The minimum Gasteiger partial charge on any atom is -0.455 e. The van der Waals surface area contributed by atoms with Crippen molar-refractivity contribution in [2.24, 2.45) is 11.8 Å². The summed E-state index contributed by atoms with van der Waals surface area (Å²) in [4.78, 5) is 60.2. The topological polar surface area (TPSA) is 135 Å². The Hall–Kier alpha value is -3.84. The number of methoxy groups -OCH3 is 1. The van der Waals surface area contributed by atoms with E-state index in [1.165, 1.54) is 7.11 Å². The van der Waals surface area contributed by atoms with Gasteiger partial charge in [-0.3, -0.25) is 19.2 Å². The summed E-state index contributed by atoms with van der Waals surface area (Å²) in [5.74, 6) is -3.56. The van der Waals surface area contributed by atoms with Crippen LogP contribution in [0, 0.1) is 25.7 Å². The van der Waals surface area contributed by atoms with Crippen LogP contribution < -0.4 is 10.2 Å². The van der Waals surface area contributed by atoms with Crippen molar-refractivity contribution >= 4 is 45.3 Å². The average Bonchev–Trinajstić information content (AvgIpc) is 3.74. The molecule has 0 radical (unpaired) electrons. The molecule has 2 aromatic rings. The summed E-state index contributed by atoms with van der Waals surface area (Å²) >= 11 is 3.76. The van der Waals surface area contributed by atoms with E-state index in [0.717, 1.165) is 11.1 Å². The quantitative estimate of drug-likeness (QED) is 0.0868. The number of rotatable bonds is 19. The van der Waals surface area contributed by atoms with Gasteiger partial charge in [-0.2, -0.15) is 0 Å². The predicted molar refractivity (Wildman–Crippen MR) is 205 cm³/mol. The highest BCUT2D eigenvalue weighted by molar-refractivity contribution is 9.09. The Morgan fingerprint density at radius 1 is 1.13 bits per heavy atom. The van der Waals surface area contributed by atoms with E-state index in [1.54, 1.807) is 22.0 Å². The van der Waals surface area contributed by atoms with Gasteiger partial charge in [-0.15, -0.1) is 13.2 Å². The molecule has 2 bridgehead atoms. The zero-order chi connectivity index (χ0) is 38.3. The molecule has 3 aliphatic rings. The van der Waals surface area contributed by atoms with E-state index in [2.05, 4.69) is 34.4 Å². The molecule has 3 fully saturated rings. The van der Waals surface area contributed by atoms with E-state index in [-0.39, 0.29) is 55.3 Å². The van der Waals surface area contributed by atoms with Crippen molar-refractivity contribution < 1.29 is 38.5 Å². The van der Waals surface area contributed by atoms with Crippen LogP contribution in [0.2, 0.25) is 0 Å². The van der Waals surface area contributed by atoms with Crippen molar-refractivity contribution in [1.29, 1.82) is 0 Å². The highest BCUT2D eigenvalue weighted by Gasteiger charge is 2.77. The number of anilines is 1. The van der Waals surface area contributed by atoms with Gasteiger partial charge in [0.2, 0.25) is 11.8 Å². The Kier molecular flexibility index (Phi) is 13.7. The Balaban J connectivity index is 1.53. The van der Waals surface area contributed by atoms with Gasteiger partial charge >= 0.3 is 5.97 Å². The number of unbranched alkanes of at least 4 members (excludes halogenated alkanes) is 2. The third-order valence-electron chi connectivity index (χ3n) is 10.6. The maximum absolute atomic E-state index is 15.0. The molecule has 0 saturated carbocycles. The second kappa shape index (κ2) is 18.0. The third-order valence-corrected chi connectivity index (χ3v) is 11.4. The highest BCUT2D eigenvalue weighted by atomic mass is 79.9. The zero-order valence-electron chi connectivity index (χ0n) is 30.9. The van der Waals surface area contributed by atoms with Crippen LogP contribution in [0.5, 0.6) is 0 Å². The Bertz CT molecular complexity index is 1650. The lowest BCUT2D eigenvalue weighted by atomic mass is 9.70. The number of aliphatic hydroxyl groups excluding tert-OH is 1. The maximum atomic E-state index is 15.0. The normalized spacial score (nSPS) is 25.4. The standard InChI is InChI=1S/C41H52BrN3O8/c1-6-8-17-32(47)43-30(25-51-5)35(28-15-11-9-12-16-28)52-40(50)33-34-38(48)45(21-13-10-14-22-46)37(41(34)24-29(42)36(33)53-41)39(49)44(20-7-2)31-23-26(3)18-19-27(31)4/h6-7,9,11-12,15-16,18-19,23,29-30,33-37,46H,1-2,8,10,13-14,17,20-22,24-25H2,3-5H3,(H,43,47)/t29?,30-,33-,34+,35-,36-,37-,41+/m0/s1. The average molecular weight is 795 g/mol. The summed E-state index contributed by atoms with van der Waals surface area (Å²) in [6.07, 6.45) is 4.42. The minimum atomic E-state index is -1.31. The monoisotopic (exact) mass is 793 g/mol. The smallest absolute Gasteiger partial charge is 0.313 e. The second-order valence-electron chi connectivity index (χ2n) is 14.2. The molecule has 53 heavy (non-hydrogen) atoms. The molecular formula is C41H52BrN3O8. The van der Waals surface area contributed by atoms with Crippen molar-refractivity contribution in [2.75, 3.05) is 38.3 Å². The number of hydrogen-bond acceptors (Lipinski definition) is 8. The number of aryl methyl sites for hydroxylation is 2. The molecule has 12 heteroatoms. The van der Waals surface area contributed by atoms with Crippen molar-refractivity contribution in [3.8, 4) is 0 Å². The number of ether oxygens (including phenoxy) is 3. The molecule has 0 aliphatic carbocycles. The first kappa shape index (κ1) is 40.3. The molecule has 3 aliphatic heterocycles. The molecule has 8 atom stereocenters. The first-order valence-corrected chi connectivity index (χ1v) is 19.3. The van der Waals surface area contributed by atoms with Gasteiger partial charge in [0, 0.05) is 43.7 Å². The van der Waals surface area contributed by atoms with Crippen LogP contribution in [0.3, 0.4) is 0 Å². The summed E-state index contributed by atoms with van der Waals surface area (Å²) in [7, 11) is 1.51. The summed E-state index contributed by atoms with van der Waals surface area (Å²) in [6.45, 7) is 12.1. The summed E-state index contributed by atoms with van der Waals surface area (Å²) in [6, 6.07) is 13.2. The molecule has 286 valence electrons. The number of likely N-dealkylation sites (tertiary alicyclic amines) is 1. The molecule has 2 aromatic carbocycles. The lowest BCUT2D eigenvalue weighted by Gasteiger charge is -2.37. The van der Waals surface area contributed by atoms with Gasteiger partial charge in [-0.05, 0) is 68.7 Å². The van der Waals surface area contributed by atoms with E-state index in [1.807, 2.05) is 62.4 Å². The summed E-state index contributed by atoms with van der Waals surface area (Å²) < 4.78 is 18.6. The lowest BCUT2D eigenvalue weighted by Crippen LogP contribution is -2.57. The fraction of sp³-hybridized carbons (Fsp3) is 0.512. The molecule has 0 aromatic heterocycles. The van der Waals surface area contributed by atoms with Crippen LogP contribution in [0.15, 0.2) is 73.8 Å². The number of esters is 1.